The lowest BCUT2D eigenvalue weighted by molar-refractivity contribution is -0.124. The molecule has 6 nitrogen and oxygen atoms in total. The average molecular weight is 427 g/mol. The maximum Gasteiger partial charge on any atom is 0.267 e. The number of fused-ring (bicyclic) bond motifs is 1. The molecular weight excluding hydrogens is 404 g/mol. The molecule has 0 bridgehead atoms. The van der Waals surface area contributed by atoms with Crippen molar-refractivity contribution in [2.75, 3.05) is 13.1 Å². The monoisotopic (exact) mass is 426 g/mol. The van der Waals surface area contributed by atoms with Crippen molar-refractivity contribution >= 4 is 29.4 Å². The highest BCUT2D eigenvalue weighted by Crippen LogP contribution is 2.40. The van der Waals surface area contributed by atoms with E-state index >= 15 is 0 Å². The number of hydrogen-bond acceptors (Lipinski definition) is 5. The molecule has 2 aromatic carbocycles. The van der Waals surface area contributed by atoms with Gasteiger partial charge in [-0.05, 0) is 35.4 Å². The Kier molecular flexibility index (Phi) is 5.90. The molecule has 0 unspecified atom stereocenters. The fourth-order valence-electron chi connectivity index (χ4n) is 4.09. The van der Waals surface area contributed by atoms with Gasteiger partial charge in [0.05, 0.1) is 12.0 Å². The minimum absolute atomic E-state index is 0.0534. The van der Waals surface area contributed by atoms with E-state index in [0.717, 1.165) is 43.1 Å². The Labute approximate surface area is 180 Å². The number of Topliss-reactive ketones (excluding diaryl/α,β-unsaturated/α-hetero) is 1. The van der Waals surface area contributed by atoms with Crippen LogP contribution in [-0.2, 0) is 11.3 Å². The molecule has 30 heavy (non-hydrogen) atoms. The van der Waals surface area contributed by atoms with Crippen molar-refractivity contribution in [2.24, 2.45) is 0 Å². The summed E-state index contributed by atoms with van der Waals surface area (Å²) in [5.41, 5.74) is 3.41. The van der Waals surface area contributed by atoms with E-state index in [9.17, 15) is 9.59 Å². The van der Waals surface area contributed by atoms with Gasteiger partial charge in [-0.15, -0.1) is 0 Å². The number of ketones is 1. The number of hydroxylamine groups is 1. The fourth-order valence-corrected chi connectivity index (χ4v) is 4.29. The van der Waals surface area contributed by atoms with Gasteiger partial charge in [0.1, 0.15) is 11.4 Å². The van der Waals surface area contributed by atoms with Crippen LogP contribution in [0.1, 0.15) is 40.7 Å². The molecule has 2 N–H and O–H groups in total. The van der Waals surface area contributed by atoms with Crippen LogP contribution in [0, 0.1) is 0 Å². The Hall–Kier alpha value is -2.67. The average Bonchev–Trinajstić information content (AvgIpc) is 2.75. The minimum Gasteiger partial charge on any atom is -0.486 e. The summed E-state index contributed by atoms with van der Waals surface area (Å²) in [6.07, 6.45) is 4.65. The van der Waals surface area contributed by atoms with Gasteiger partial charge in [-0.25, -0.2) is 5.48 Å². The van der Waals surface area contributed by atoms with Gasteiger partial charge in [0.2, 0.25) is 0 Å². The van der Waals surface area contributed by atoms with Crippen molar-refractivity contribution in [3.63, 3.8) is 0 Å². The standard InChI is InChI=1S/C23H23ClN2O4/c24-19-4-2-1-3-17(19)15-26-11-9-23(10-12-26)14-20(27)18-13-16(5-7-21(18)30-23)6-8-22(28)25-29/h1-8,13,29H,9-12,14-15H2,(H,25,28)/b8-6+. The Morgan fingerprint density at radius 3 is 2.73 bits per heavy atom. The van der Waals surface area contributed by atoms with Crippen LogP contribution in [0.5, 0.6) is 5.75 Å². The molecule has 4 rings (SSSR count). The van der Waals surface area contributed by atoms with Crippen molar-refractivity contribution in [3.05, 3.63) is 70.3 Å². The Bertz CT molecular complexity index is 996. The number of nitrogens with one attached hydrogen (secondary N) is 1. The van der Waals surface area contributed by atoms with Gasteiger partial charge in [0.15, 0.2) is 5.78 Å². The number of halogens is 1. The van der Waals surface area contributed by atoms with E-state index in [1.54, 1.807) is 18.2 Å². The van der Waals surface area contributed by atoms with Crippen LogP contribution in [0.2, 0.25) is 5.02 Å². The molecule has 2 heterocycles. The number of ether oxygens (including phenoxy) is 1. The van der Waals surface area contributed by atoms with Crippen LogP contribution < -0.4 is 10.2 Å². The van der Waals surface area contributed by atoms with Crippen LogP contribution in [0.4, 0.5) is 0 Å². The third-order valence-electron chi connectivity index (χ3n) is 5.77. The molecule has 156 valence electrons. The topological polar surface area (TPSA) is 78.9 Å². The van der Waals surface area contributed by atoms with Crippen molar-refractivity contribution in [3.8, 4) is 5.75 Å². The van der Waals surface area contributed by atoms with E-state index in [0.29, 0.717) is 23.3 Å². The van der Waals surface area contributed by atoms with Crippen LogP contribution in [0.15, 0.2) is 48.5 Å². The summed E-state index contributed by atoms with van der Waals surface area (Å²) in [5, 5.41) is 9.34. The number of hydrogen-bond donors (Lipinski definition) is 2. The number of rotatable bonds is 4. The third kappa shape index (κ3) is 4.41. The summed E-state index contributed by atoms with van der Waals surface area (Å²) in [6, 6.07) is 13.2. The maximum atomic E-state index is 12.9. The van der Waals surface area contributed by atoms with Crippen molar-refractivity contribution in [1.29, 1.82) is 0 Å². The minimum atomic E-state index is -0.627. The smallest absolute Gasteiger partial charge is 0.267 e. The fraction of sp³-hybridized carbons (Fsp3) is 0.304. The van der Waals surface area contributed by atoms with Crippen LogP contribution in [0.3, 0.4) is 0 Å². The van der Waals surface area contributed by atoms with Crippen molar-refractivity contribution < 1.29 is 19.5 Å². The summed E-state index contributed by atoms with van der Waals surface area (Å²) in [5.74, 6) is 0.0185. The summed E-state index contributed by atoms with van der Waals surface area (Å²) in [4.78, 5) is 26.4. The molecule has 7 heteroatoms. The Morgan fingerprint density at radius 1 is 1.23 bits per heavy atom. The van der Waals surface area contributed by atoms with Gasteiger partial charge in [0, 0.05) is 43.6 Å². The summed E-state index contributed by atoms with van der Waals surface area (Å²) in [7, 11) is 0. The van der Waals surface area contributed by atoms with Crippen LogP contribution >= 0.6 is 11.6 Å². The zero-order valence-electron chi connectivity index (χ0n) is 16.4. The van der Waals surface area contributed by atoms with Gasteiger partial charge in [-0.2, -0.15) is 0 Å². The van der Waals surface area contributed by atoms with E-state index in [1.165, 1.54) is 17.6 Å². The van der Waals surface area contributed by atoms with Crippen molar-refractivity contribution in [1.82, 2.24) is 10.4 Å². The molecule has 0 aliphatic carbocycles. The number of piperidine rings is 1. The first-order valence-electron chi connectivity index (χ1n) is 9.92. The summed E-state index contributed by atoms with van der Waals surface area (Å²) in [6.45, 7) is 2.47. The summed E-state index contributed by atoms with van der Waals surface area (Å²) >= 11 is 6.29. The number of likely N-dealkylation sites (tertiary alicyclic amines) is 1. The molecule has 1 spiro atoms. The van der Waals surface area contributed by atoms with E-state index in [4.69, 9.17) is 21.5 Å². The zero-order chi connectivity index (χ0) is 21.1. The highest BCUT2D eigenvalue weighted by atomic mass is 35.5. The predicted octanol–water partition coefficient (Wildman–Crippen LogP) is 3.86. The number of carbonyl (C=O) groups is 2. The number of amides is 1. The van der Waals surface area contributed by atoms with E-state index in [1.807, 2.05) is 24.3 Å². The van der Waals surface area contributed by atoms with Crippen LogP contribution in [0.25, 0.3) is 6.08 Å². The third-order valence-corrected chi connectivity index (χ3v) is 6.14. The first-order chi connectivity index (χ1) is 14.5. The number of nitrogens with zero attached hydrogens (tertiary/aromatic N) is 1. The molecule has 0 saturated carbocycles. The molecule has 0 aromatic heterocycles. The SMILES string of the molecule is O=C(/C=C/c1ccc2c(c1)C(=O)CC1(CCN(Cc3ccccc3Cl)CC1)O2)NO. The number of benzene rings is 2. The molecule has 0 radical (unpaired) electrons. The largest absolute Gasteiger partial charge is 0.486 e. The second-order valence-electron chi connectivity index (χ2n) is 7.82. The predicted molar refractivity (Wildman–Crippen MR) is 114 cm³/mol. The second-order valence-corrected chi connectivity index (χ2v) is 8.22. The lowest BCUT2D eigenvalue weighted by Gasteiger charge is -2.44. The van der Waals surface area contributed by atoms with Crippen LogP contribution in [-0.4, -0.2) is 40.5 Å². The first-order valence-corrected chi connectivity index (χ1v) is 10.3. The molecule has 1 fully saturated rings. The van der Waals surface area contributed by atoms with Gasteiger partial charge in [-0.1, -0.05) is 35.9 Å². The highest BCUT2D eigenvalue weighted by Gasteiger charge is 2.42. The quantitative estimate of drug-likeness (QED) is 0.441. The Balaban J connectivity index is 1.43. The highest BCUT2D eigenvalue weighted by molar-refractivity contribution is 6.31. The molecule has 2 aliphatic heterocycles. The maximum absolute atomic E-state index is 12.9. The molecule has 1 saturated heterocycles. The van der Waals surface area contributed by atoms with E-state index < -0.39 is 11.5 Å². The van der Waals surface area contributed by atoms with Gasteiger partial charge in [0.25, 0.3) is 5.91 Å². The van der Waals surface area contributed by atoms with E-state index in [-0.39, 0.29) is 5.78 Å². The van der Waals surface area contributed by atoms with Gasteiger partial charge < -0.3 is 4.74 Å². The molecule has 0 atom stereocenters. The normalized spacial score (nSPS) is 18.3. The summed E-state index contributed by atoms with van der Waals surface area (Å²) < 4.78 is 6.34. The molecule has 2 aromatic rings. The Morgan fingerprint density at radius 2 is 2.00 bits per heavy atom. The second kappa shape index (κ2) is 8.60. The molecular formula is C23H23ClN2O4. The molecule has 1 amide bonds. The lowest BCUT2D eigenvalue weighted by Crippen LogP contribution is -2.50. The van der Waals surface area contributed by atoms with Gasteiger partial charge >= 0.3 is 0 Å². The number of carbonyl (C=O) groups excluding carboxylic acids is 2. The molecule has 2 aliphatic rings. The lowest BCUT2D eigenvalue weighted by atomic mass is 9.82. The zero-order valence-corrected chi connectivity index (χ0v) is 17.2. The first kappa shape index (κ1) is 20.6. The van der Waals surface area contributed by atoms with Gasteiger partial charge in [-0.3, -0.25) is 19.7 Å². The van der Waals surface area contributed by atoms with Crippen molar-refractivity contribution in [2.45, 2.75) is 31.4 Å². The van der Waals surface area contributed by atoms with E-state index in [2.05, 4.69) is 4.90 Å².